The number of carboxylic acid groups (broad SMARTS) is 1. The molecule has 0 unspecified atom stereocenters. The number of nitrogens with zero attached hydrogens (tertiary/aromatic N) is 1. The number of furan rings is 1. The van der Waals surface area contributed by atoms with Crippen molar-refractivity contribution in [3.63, 3.8) is 0 Å². The molecule has 2 N–H and O–H groups in total. The molecule has 4 rings (SSSR count). The van der Waals surface area contributed by atoms with Gasteiger partial charge in [0.15, 0.2) is 29.3 Å². The fraction of sp³-hybridized carbons (Fsp3) is 0.211. The fourth-order valence-electron chi connectivity index (χ4n) is 2.89. The first kappa shape index (κ1) is 17.7. The predicted octanol–water partition coefficient (Wildman–Crippen LogP) is 2.64. The molecule has 1 aliphatic heterocycles. The lowest BCUT2D eigenvalue weighted by Gasteiger charge is -2.18. The van der Waals surface area contributed by atoms with Crippen molar-refractivity contribution in [3.8, 4) is 22.8 Å². The molecule has 1 aliphatic rings. The molecule has 9 nitrogen and oxygen atoms in total. The smallest absolute Gasteiger partial charge is 0.339 e. The molecule has 3 heterocycles. The number of carboxylic acids is 1. The lowest BCUT2D eigenvalue weighted by Crippen LogP contribution is -2.23. The third-order valence-electron chi connectivity index (χ3n) is 4.21. The number of hydrogen-bond acceptors (Lipinski definition) is 7. The van der Waals surface area contributed by atoms with Gasteiger partial charge in [-0.3, -0.25) is 4.79 Å². The van der Waals surface area contributed by atoms with Gasteiger partial charge >= 0.3 is 5.97 Å². The van der Waals surface area contributed by atoms with E-state index in [1.807, 2.05) is 0 Å². The Kier molecular flexibility index (Phi) is 4.48. The van der Waals surface area contributed by atoms with Crippen molar-refractivity contribution in [3.05, 3.63) is 53.4 Å². The molecule has 2 aromatic heterocycles. The molecular weight excluding hydrogens is 368 g/mol. The zero-order valence-electron chi connectivity index (χ0n) is 14.9. The second-order valence-electron chi connectivity index (χ2n) is 6.06. The van der Waals surface area contributed by atoms with E-state index in [1.165, 1.54) is 12.5 Å². The topological polar surface area (TPSA) is 124 Å². The number of oxazole rings is 1. The molecular formula is C19H16N2O7. The Bertz CT molecular complexity index is 1050. The first-order valence-electron chi connectivity index (χ1n) is 8.47. The Morgan fingerprint density at radius 2 is 1.96 bits per heavy atom. The van der Waals surface area contributed by atoms with Crippen LogP contribution >= 0.6 is 0 Å². The van der Waals surface area contributed by atoms with Crippen molar-refractivity contribution in [2.45, 2.75) is 13.5 Å². The Balaban J connectivity index is 1.51. The Labute approximate surface area is 158 Å². The minimum absolute atomic E-state index is 0.0143. The number of rotatable bonds is 5. The number of hydrogen-bond donors (Lipinski definition) is 2. The van der Waals surface area contributed by atoms with E-state index in [2.05, 4.69) is 10.3 Å². The Hall–Kier alpha value is -3.75. The lowest BCUT2D eigenvalue weighted by molar-refractivity contribution is 0.0694. The number of amides is 1. The summed E-state index contributed by atoms with van der Waals surface area (Å²) in [6, 6.07) is 6.59. The van der Waals surface area contributed by atoms with Crippen LogP contribution in [0.1, 0.15) is 32.4 Å². The van der Waals surface area contributed by atoms with E-state index in [0.29, 0.717) is 36.0 Å². The molecule has 1 aromatic carbocycles. The van der Waals surface area contributed by atoms with E-state index in [0.717, 1.165) is 0 Å². The van der Waals surface area contributed by atoms with Gasteiger partial charge in [0.25, 0.3) is 5.91 Å². The van der Waals surface area contributed by atoms with Crippen LogP contribution < -0.4 is 14.8 Å². The van der Waals surface area contributed by atoms with E-state index in [-0.39, 0.29) is 29.3 Å². The van der Waals surface area contributed by atoms with Crippen LogP contribution in [-0.2, 0) is 6.54 Å². The highest BCUT2D eigenvalue weighted by atomic mass is 16.6. The summed E-state index contributed by atoms with van der Waals surface area (Å²) in [4.78, 5) is 27.6. The fourth-order valence-corrected chi connectivity index (χ4v) is 2.89. The number of aromatic carboxylic acids is 1. The van der Waals surface area contributed by atoms with Crippen LogP contribution in [0.15, 0.2) is 39.5 Å². The molecule has 0 aliphatic carbocycles. The summed E-state index contributed by atoms with van der Waals surface area (Å²) in [5.74, 6) is 0.515. The van der Waals surface area contributed by atoms with Gasteiger partial charge in [0.05, 0.1) is 6.54 Å². The molecule has 0 bridgehead atoms. The van der Waals surface area contributed by atoms with Crippen molar-refractivity contribution in [1.29, 1.82) is 0 Å². The molecule has 3 aromatic rings. The SMILES string of the molecule is Cc1oc(CNC(=O)c2ncoc2-c2ccc3c(c2)OCCO3)cc1C(=O)O. The van der Waals surface area contributed by atoms with Gasteiger partial charge in [-0.2, -0.15) is 0 Å². The van der Waals surface area contributed by atoms with Gasteiger partial charge in [0, 0.05) is 5.56 Å². The molecule has 0 atom stereocenters. The number of nitrogens with one attached hydrogen (secondary N) is 1. The average molecular weight is 384 g/mol. The zero-order valence-corrected chi connectivity index (χ0v) is 14.9. The third kappa shape index (κ3) is 3.29. The maximum absolute atomic E-state index is 12.5. The van der Waals surface area contributed by atoms with Crippen molar-refractivity contribution in [2.24, 2.45) is 0 Å². The van der Waals surface area contributed by atoms with Gasteiger partial charge in [-0.1, -0.05) is 0 Å². The largest absolute Gasteiger partial charge is 0.486 e. The number of carbonyl (C=O) groups is 2. The van der Waals surface area contributed by atoms with Gasteiger partial charge in [-0.15, -0.1) is 0 Å². The molecule has 0 radical (unpaired) electrons. The van der Waals surface area contributed by atoms with Crippen LogP contribution in [0, 0.1) is 6.92 Å². The number of aryl methyl sites for hydroxylation is 1. The molecule has 0 fully saturated rings. The van der Waals surface area contributed by atoms with Crippen LogP contribution in [-0.4, -0.2) is 35.2 Å². The van der Waals surface area contributed by atoms with Crippen molar-refractivity contribution in [2.75, 3.05) is 13.2 Å². The van der Waals surface area contributed by atoms with Crippen LogP contribution in [0.5, 0.6) is 11.5 Å². The molecule has 0 saturated carbocycles. The van der Waals surface area contributed by atoms with E-state index in [1.54, 1.807) is 25.1 Å². The van der Waals surface area contributed by atoms with Crippen LogP contribution in [0.3, 0.4) is 0 Å². The molecule has 1 amide bonds. The minimum Gasteiger partial charge on any atom is -0.486 e. The number of aromatic nitrogens is 1. The number of carbonyl (C=O) groups excluding carboxylic acids is 1. The molecule has 144 valence electrons. The predicted molar refractivity (Wildman–Crippen MR) is 94.5 cm³/mol. The summed E-state index contributed by atoms with van der Waals surface area (Å²) < 4.78 is 21.8. The van der Waals surface area contributed by atoms with Crippen molar-refractivity contribution in [1.82, 2.24) is 10.3 Å². The van der Waals surface area contributed by atoms with Crippen molar-refractivity contribution >= 4 is 11.9 Å². The standard InChI is InChI=1S/C19H16N2O7/c1-10-13(19(23)24)7-12(28-10)8-20-18(22)16-17(27-9-21-16)11-2-3-14-15(6-11)26-5-4-25-14/h2-3,6-7,9H,4-5,8H2,1H3,(H,20,22)(H,23,24). The van der Waals surface area contributed by atoms with Gasteiger partial charge in [-0.05, 0) is 31.2 Å². The number of fused-ring (bicyclic) bond motifs is 1. The van der Waals surface area contributed by atoms with Gasteiger partial charge in [0.2, 0.25) is 0 Å². The summed E-state index contributed by atoms with van der Waals surface area (Å²) in [5, 5.41) is 11.7. The zero-order chi connectivity index (χ0) is 19.7. The highest BCUT2D eigenvalue weighted by Crippen LogP contribution is 2.35. The quantitative estimate of drug-likeness (QED) is 0.688. The van der Waals surface area contributed by atoms with Gasteiger partial charge < -0.3 is 28.7 Å². The van der Waals surface area contributed by atoms with E-state index < -0.39 is 11.9 Å². The summed E-state index contributed by atoms with van der Waals surface area (Å²) >= 11 is 0. The van der Waals surface area contributed by atoms with E-state index in [9.17, 15) is 9.59 Å². The summed E-state index contributed by atoms with van der Waals surface area (Å²) in [5.41, 5.74) is 0.773. The molecule has 9 heteroatoms. The number of ether oxygens (including phenoxy) is 2. The van der Waals surface area contributed by atoms with Crippen LogP contribution in [0.2, 0.25) is 0 Å². The van der Waals surface area contributed by atoms with E-state index in [4.69, 9.17) is 23.4 Å². The highest BCUT2D eigenvalue weighted by molar-refractivity contribution is 5.97. The summed E-state index contributed by atoms with van der Waals surface area (Å²) in [6.45, 7) is 2.49. The van der Waals surface area contributed by atoms with Gasteiger partial charge in [0.1, 0.15) is 30.3 Å². The Morgan fingerprint density at radius 1 is 1.18 bits per heavy atom. The molecule has 28 heavy (non-hydrogen) atoms. The monoisotopic (exact) mass is 384 g/mol. The van der Waals surface area contributed by atoms with Crippen LogP contribution in [0.4, 0.5) is 0 Å². The Morgan fingerprint density at radius 3 is 2.71 bits per heavy atom. The summed E-state index contributed by atoms with van der Waals surface area (Å²) in [7, 11) is 0. The average Bonchev–Trinajstić information content (AvgIpc) is 3.32. The number of benzene rings is 1. The lowest BCUT2D eigenvalue weighted by atomic mass is 10.1. The normalized spacial score (nSPS) is 12.6. The second-order valence-corrected chi connectivity index (χ2v) is 6.06. The molecule has 0 saturated heterocycles. The van der Waals surface area contributed by atoms with Crippen molar-refractivity contribution < 1.29 is 33.0 Å². The minimum atomic E-state index is -1.09. The van der Waals surface area contributed by atoms with Crippen LogP contribution in [0.25, 0.3) is 11.3 Å². The third-order valence-corrected chi connectivity index (χ3v) is 4.21. The maximum Gasteiger partial charge on any atom is 0.339 e. The second kappa shape index (κ2) is 7.10. The van der Waals surface area contributed by atoms with Gasteiger partial charge in [-0.25, -0.2) is 9.78 Å². The van der Waals surface area contributed by atoms with E-state index >= 15 is 0 Å². The maximum atomic E-state index is 12.5. The molecule has 0 spiro atoms. The first-order valence-corrected chi connectivity index (χ1v) is 8.47. The highest BCUT2D eigenvalue weighted by Gasteiger charge is 2.21. The first-order chi connectivity index (χ1) is 13.5. The summed E-state index contributed by atoms with van der Waals surface area (Å²) in [6.07, 6.45) is 1.18.